The first kappa shape index (κ1) is 19.4. The predicted molar refractivity (Wildman–Crippen MR) is 98.7 cm³/mol. The van der Waals surface area contributed by atoms with E-state index in [2.05, 4.69) is 57.3 Å². The number of benzene rings is 1. The van der Waals surface area contributed by atoms with Crippen molar-refractivity contribution in [2.45, 2.75) is 65.2 Å². The van der Waals surface area contributed by atoms with E-state index in [0.29, 0.717) is 37.1 Å². The quantitative estimate of drug-likeness (QED) is 0.767. The van der Waals surface area contributed by atoms with Gasteiger partial charge in [-0.15, -0.1) is 0 Å². The van der Waals surface area contributed by atoms with Crippen molar-refractivity contribution in [2.75, 3.05) is 13.2 Å². The maximum absolute atomic E-state index is 10.3. The summed E-state index contributed by atoms with van der Waals surface area (Å²) in [4.78, 5) is 0. The van der Waals surface area contributed by atoms with E-state index < -0.39 is 6.10 Å². The molecule has 0 bridgehead atoms. The lowest BCUT2D eigenvalue weighted by molar-refractivity contribution is -0.698. The number of aliphatic hydroxyl groups is 1. The lowest BCUT2D eigenvalue weighted by atomic mass is 9.75. The molecule has 0 saturated heterocycles. The van der Waals surface area contributed by atoms with Crippen LogP contribution in [0.25, 0.3) is 0 Å². The van der Waals surface area contributed by atoms with Crippen molar-refractivity contribution in [3.63, 3.8) is 0 Å². The van der Waals surface area contributed by atoms with Crippen LogP contribution in [-0.4, -0.2) is 30.5 Å². The van der Waals surface area contributed by atoms with Crippen molar-refractivity contribution in [3.8, 4) is 0 Å². The number of hydrogen-bond donors (Lipinski definition) is 2. The lowest BCUT2D eigenvalue weighted by Crippen LogP contribution is -2.87. The monoisotopic (exact) mass is 334 g/mol. The summed E-state index contributed by atoms with van der Waals surface area (Å²) in [5, 5.41) is 12.5. The highest BCUT2D eigenvalue weighted by Crippen LogP contribution is 2.35. The van der Waals surface area contributed by atoms with Crippen LogP contribution in [0.15, 0.2) is 30.3 Å². The number of aliphatic hydroxyl groups excluding tert-OH is 1. The van der Waals surface area contributed by atoms with Gasteiger partial charge in [-0.25, -0.2) is 0 Å². The Kier molecular flexibility index (Phi) is 7.73. The molecule has 0 amide bonds. The van der Waals surface area contributed by atoms with E-state index in [4.69, 9.17) is 4.74 Å². The molecule has 0 radical (unpaired) electrons. The second-order valence-corrected chi connectivity index (χ2v) is 8.02. The second-order valence-electron chi connectivity index (χ2n) is 8.02. The molecule has 1 aromatic rings. The zero-order valence-electron chi connectivity index (χ0n) is 15.8. The fourth-order valence-corrected chi connectivity index (χ4v) is 3.86. The molecule has 1 aliphatic rings. The standard InChI is InChI=1S/C21H35NO2/c1-15(2)20-11-10-16(3)12-21(20)24-14-19(23)13-22-17(4)18-8-6-5-7-9-18/h5-9,15-17,19-23H,10-14H2,1-4H3/p+1/t16-,17-,19-,20-,21-/m0/s1. The fourth-order valence-electron chi connectivity index (χ4n) is 3.86. The summed E-state index contributed by atoms with van der Waals surface area (Å²) in [6, 6.07) is 10.8. The molecule has 1 aromatic carbocycles. The van der Waals surface area contributed by atoms with E-state index in [0.717, 1.165) is 12.3 Å². The Balaban J connectivity index is 1.74. The number of ether oxygens (including phenoxy) is 1. The fraction of sp³-hybridized carbons (Fsp3) is 0.714. The van der Waals surface area contributed by atoms with Gasteiger partial charge < -0.3 is 15.2 Å². The highest BCUT2D eigenvalue weighted by Gasteiger charge is 2.31. The Morgan fingerprint density at radius 2 is 1.88 bits per heavy atom. The topological polar surface area (TPSA) is 46.1 Å². The average molecular weight is 335 g/mol. The van der Waals surface area contributed by atoms with Crippen molar-refractivity contribution in [1.82, 2.24) is 0 Å². The molecule has 0 aromatic heterocycles. The highest BCUT2D eigenvalue weighted by atomic mass is 16.5. The zero-order valence-corrected chi connectivity index (χ0v) is 15.8. The summed E-state index contributed by atoms with van der Waals surface area (Å²) in [6.45, 7) is 10.2. The number of hydrogen-bond acceptors (Lipinski definition) is 2. The van der Waals surface area contributed by atoms with Crippen LogP contribution < -0.4 is 5.32 Å². The molecule has 136 valence electrons. The average Bonchev–Trinajstić information content (AvgIpc) is 2.58. The van der Waals surface area contributed by atoms with Gasteiger partial charge in [0.15, 0.2) is 0 Å². The van der Waals surface area contributed by atoms with Gasteiger partial charge in [-0.3, -0.25) is 0 Å². The number of quaternary nitrogens is 1. The summed E-state index contributed by atoms with van der Waals surface area (Å²) in [5.41, 5.74) is 1.30. The Morgan fingerprint density at radius 1 is 1.17 bits per heavy atom. The van der Waals surface area contributed by atoms with Gasteiger partial charge in [-0.2, -0.15) is 0 Å². The molecule has 1 aliphatic carbocycles. The molecule has 3 nitrogen and oxygen atoms in total. The number of nitrogens with two attached hydrogens (primary N) is 1. The molecule has 1 saturated carbocycles. The molecule has 0 spiro atoms. The normalized spacial score (nSPS) is 27.2. The third kappa shape index (κ3) is 5.87. The largest absolute Gasteiger partial charge is 0.385 e. The first-order chi connectivity index (χ1) is 11.5. The first-order valence-electron chi connectivity index (χ1n) is 9.65. The Hall–Kier alpha value is -0.900. The molecule has 2 rings (SSSR count). The summed E-state index contributed by atoms with van der Waals surface area (Å²) in [6.07, 6.45) is 3.63. The van der Waals surface area contributed by atoms with Crippen molar-refractivity contribution in [1.29, 1.82) is 0 Å². The van der Waals surface area contributed by atoms with Crippen LogP contribution in [0, 0.1) is 17.8 Å². The van der Waals surface area contributed by atoms with Gasteiger partial charge in [0.05, 0.1) is 12.7 Å². The van der Waals surface area contributed by atoms with Crippen LogP contribution in [0.3, 0.4) is 0 Å². The first-order valence-corrected chi connectivity index (χ1v) is 9.65. The molecule has 3 N–H and O–H groups in total. The van der Waals surface area contributed by atoms with E-state index >= 15 is 0 Å². The Labute approximate surface area is 147 Å². The third-order valence-corrected chi connectivity index (χ3v) is 5.55. The predicted octanol–water partition coefficient (Wildman–Crippen LogP) is 3.15. The minimum Gasteiger partial charge on any atom is -0.385 e. The smallest absolute Gasteiger partial charge is 0.126 e. The van der Waals surface area contributed by atoms with Crippen LogP contribution in [-0.2, 0) is 4.74 Å². The third-order valence-electron chi connectivity index (χ3n) is 5.55. The van der Waals surface area contributed by atoms with E-state index in [-0.39, 0.29) is 0 Å². The maximum atomic E-state index is 10.3. The molecular weight excluding hydrogens is 298 g/mol. The van der Waals surface area contributed by atoms with E-state index in [1.807, 2.05) is 6.07 Å². The summed E-state index contributed by atoms with van der Waals surface area (Å²) in [7, 11) is 0. The van der Waals surface area contributed by atoms with Crippen LogP contribution in [0.1, 0.15) is 58.6 Å². The zero-order chi connectivity index (χ0) is 17.5. The van der Waals surface area contributed by atoms with Gasteiger partial charge in [-0.1, -0.05) is 57.5 Å². The lowest BCUT2D eigenvalue weighted by Gasteiger charge is -2.37. The highest BCUT2D eigenvalue weighted by molar-refractivity contribution is 5.16. The molecule has 3 heteroatoms. The van der Waals surface area contributed by atoms with Crippen LogP contribution in [0.2, 0.25) is 0 Å². The molecular formula is C21H36NO2+. The molecule has 0 aliphatic heterocycles. The van der Waals surface area contributed by atoms with E-state index in [1.165, 1.54) is 18.4 Å². The van der Waals surface area contributed by atoms with Gasteiger partial charge in [0.1, 0.15) is 18.7 Å². The summed E-state index contributed by atoms with van der Waals surface area (Å²) >= 11 is 0. The SMILES string of the molecule is CC(C)[C@@H]1CC[C@H](C)C[C@@H]1OC[C@@H](O)C[NH2+][C@@H](C)c1ccccc1. The van der Waals surface area contributed by atoms with Gasteiger partial charge in [0.2, 0.25) is 0 Å². The minimum atomic E-state index is -0.402. The van der Waals surface area contributed by atoms with Gasteiger partial charge in [0.25, 0.3) is 0 Å². The molecule has 24 heavy (non-hydrogen) atoms. The van der Waals surface area contributed by atoms with Crippen molar-refractivity contribution < 1.29 is 15.2 Å². The molecule has 0 unspecified atom stereocenters. The summed E-state index contributed by atoms with van der Waals surface area (Å²) < 4.78 is 6.16. The second kappa shape index (κ2) is 9.55. The van der Waals surface area contributed by atoms with Crippen LogP contribution in [0.5, 0.6) is 0 Å². The molecule has 1 fully saturated rings. The Bertz CT molecular complexity index is 462. The van der Waals surface area contributed by atoms with E-state index in [1.54, 1.807) is 0 Å². The van der Waals surface area contributed by atoms with Gasteiger partial charge in [-0.05, 0) is 37.5 Å². The Morgan fingerprint density at radius 3 is 2.54 bits per heavy atom. The van der Waals surface area contributed by atoms with E-state index in [9.17, 15) is 5.11 Å². The van der Waals surface area contributed by atoms with Gasteiger partial charge >= 0.3 is 0 Å². The summed E-state index contributed by atoms with van der Waals surface area (Å²) in [5.74, 6) is 2.04. The van der Waals surface area contributed by atoms with Crippen LogP contribution >= 0.6 is 0 Å². The minimum absolute atomic E-state index is 0.315. The molecule has 0 heterocycles. The van der Waals surface area contributed by atoms with Crippen molar-refractivity contribution in [2.24, 2.45) is 17.8 Å². The number of rotatable bonds is 8. The molecule has 5 atom stereocenters. The van der Waals surface area contributed by atoms with Gasteiger partial charge in [0, 0.05) is 5.56 Å². The van der Waals surface area contributed by atoms with Crippen LogP contribution in [0.4, 0.5) is 0 Å². The van der Waals surface area contributed by atoms with Crippen molar-refractivity contribution in [3.05, 3.63) is 35.9 Å². The van der Waals surface area contributed by atoms with Crippen molar-refractivity contribution >= 4 is 0 Å². The maximum Gasteiger partial charge on any atom is 0.126 e.